The summed E-state index contributed by atoms with van der Waals surface area (Å²) < 4.78 is 16.1. The van der Waals surface area contributed by atoms with Crippen LogP contribution in [0.2, 0.25) is 0 Å². The summed E-state index contributed by atoms with van der Waals surface area (Å²) in [5.41, 5.74) is 6.57. The van der Waals surface area contributed by atoms with Crippen LogP contribution in [0.15, 0.2) is 23.7 Å². The summed E-state index contributed by atoms with van der Waals surface area (Å²) in [5.74, 6) is 1.70. The second-order valence-corrected chi connectivity index (χ2v) is 4.21. The van der Waals surface area contributed by atoms with Crippen molar-refractivity contribution in [3.63, 3.8) is 0 Å². The van der Waals surface area contributed by atoms with Gasteiger partial charge in [-0.15, -0.1) is 0 Å². The maximum atomic E-state index is 5.68. The smallest absolute Gasteiger partial charge is 0.203 e. The minimum absolute atomic E-state index is 0.199. The second kappa shape index (κ2) is 7.13. The van der Waals surface area contributed by atoms with Crippen molar-refractivity contribution < 1.29 is 14.2 Å². The van der Waals surface area contributed by atoms with Crippen LogP contribution in [0.25, 0.3) is 0 Å². The van der Waals surface area contributed by atoms with Crippen LogP contribution in [0.3, 0.4) is 0 Å². The Morgan fingerprint density at radius 1 is 1.28 bits per heavy atom. The van der Waals surface area contributed by atoms with Crippen molar-refractivity contribution in [2.45, 2.75) is 6.42 Å². The van der Waals surface area contributed by atoms with Gasteiger partial charge in [0.05, 0.1) is 14.2 Å². The van der Waals surface area contributed by atoms with Crippen molar-refractivity contribution >= 4 is 11.6 Å². The topological polar surface area (TPSA) is 53.7 Å². The van der Waals surface area contributed by atoms with E-state index in [2.05, 4.69) is 6.58 Å². The number of methoxy groups -OCH3 is 2. The summed E-state index contributed by atoms with van der Waals surface area (Å²) in [6.07, 6.45) is 0.745. The van der Waals surface area contributed by atoms with Crippen LogP contribution < -0.4 is 19.9 Å². The number of halogens is 1. The minimum atomic E-state index is 0.199. The molecule has 5 heteroatoms. The van der Waals surface area contributed by atoms with E-state index in [1.54, 1.807) is 14.2 Å². The van der Waals surface area contributed by atoms with Gasteiger partial charge in [0.15, 0.2) is 11.5 Å². The molecule has 0 saturated carbocycles. The summed E-state index contributed by atoms with van der Waals surface area (Å²) in [7, 11) is 3.15. The molecule has 18 heavy (non-hydrogen) atoms. The third kappa shape index (κ3) is 3.82. The fourth-order valence-corrected chi connectivity index (χ4v) is 1.59. The molecular weight excluding hydrogens is 254 g/mol. The van der Waals surface area contributed by atoms with Crippen LogP contribution in [0.5, 0.6) is 17.2 Å². The molecule has 1 rings (SSSR count). The van der Waals surface area contributed by atoms with Crippen molar-refractivity contribution in [1.29, 1.82) is 0 Å². The van der Waals surface area contributed by atoms with Crippen LogP contribution in [0, 0.1) is 0 Å². The molecule has 2 N–H and O–H groups in total. The highest BCUT2D eigenvalue weighted by Crippen LogP contribution is 2.38. The van der Waals surface area contributed by atoms with E-state index in [1.165, 1.54) is 0 Å². The molecule has 0 fully saturated rings. The summed E-state index contributed by atoms with van der Waals surface area (Å²) >= 11 is 5.68. The van der Waals surface area contributed by atoms with E-state index in [1.807, 2.05) is 12.1 Å². The van der Waals surface area contributed by atoms with Crippen LogP contribution in [-0.4, -0.2) is 27.4 Å². The Kier molecular flexibility index (Phi) is 5.82. The molecule has 1 aromatic carbocycles. The maximum Gasteiger partial charge on any atom is 0.203 e. The number of rotatable bonds is 7. The third-order valence-electron chi connectivity index (χ3n) is 2.33. The molecule has 0 unspecified atom stereocenters. The van der Waals surface area contributed by atoms with E-state index in [0.29, 0.717) is 28.8 Å². The Hall–Kier alpha value is -1.39. The van der Waals surface area contributed by atoms with Crippen LogP contribution in [0.4, 0.5) is 0 Å². The second-order valence-electron chi connectivity index (χ2n) is 3.67. The summed E-state index contributed by atoms with van der Waals surface area (Å²) in [6.45, 7) is 4.33. The summed E-state index contributed by atoms with van der Waals surface area (Å²) in [6, 6.07) is 3.75. The van der Waals surface area contributed by atoms with Gasteiger partial charge in [0.2, 0.25) is 5.75 Å². The van der Waals surface area contributed by atoms with Crippen LogP contribution in [0.1, 0.15) is 5.56 Å². The lowest BCUT2D eigenvalue weighted by Crippen LogP contribution is -2.05. The molecule has 100 valence electrons. The minimum Gasteiger partial charge on any atom is -0.493 e. The third-order valence-corrected chi connectivity index (χ3v) is 2.44. The highest BCUT2D eigenvalue weighted by Gasteiger charge is 2.14. The Labute approximate surface area is 112 Å². The normalized spacial score (nSPS) is 10.0. The van der Waals surface area contributed by atoms with Gasteiger partial charge in [-0.2, -0.15) is 0 Å². The van der Waals surface area contributed by atoms with E-state index >= 15 is 0 Å². The van der Waals surface area contributed by atoms with Crippen molar-refractivity contribution in [3.8, 4) is 17.2 Å². The average molecular weight is 272 g/mol. The first kappa shape index (κ1) is 14.7. The zero-order valence-corrected chi connectivity index (χ0v) is 11.4. The Morgan fingerprint density at radius 3 is 2.22 bits per heavy atom. The van der Waals surface area contributed by atoms with Gasteiger partial charge in [0.25, 0.3) is 0 Å². The number of benzene rings is 1. The molecule has 0 radical (unpaired) electrons. The fraction of sp³-hybridized carbons (Fsp3) is 0.385. The molecule has 0 spiro atoms. The first-order valence-corrected chi connectivity index (χ1v) is 5.91. The van der Waals surface area contributed by atoms with E-state index in [-0.39, 0.29) is 6.61 Å². The van der Waals surface area contributed by atoms with Gasteiger partial charge in [-0.1, -0.05) is 18.2 Å². The maximum absolute atomic E-state index is 5.68. The lowest BCUT2D eigenvalue weighted by molar-refractivity contribution is 0.298. The number of hydrogen-bond donors (Lipinski definition) is 1. The lowest BCUT2D eigenvalue weighted by atomic mass is 10.1. The van der Waals surface area contributed by atoms with Crippen LogP contribution >= 0.6 is 11.6 Å². The van der Waals surface area contributed by atoms with Crippen molar-refractivity contribution in [1.82, 2.24) is 0 Å². The molecule has 4 nitrogen and oxygen atoms in total. The fourth-order valence-electron chi connectivity index (χ4n) is 1.54. The molecule has 0 saturated heterocycles. The molecule has 0 amide bonds. The zero-order valence-electron chi connectivity index (χ0n) is 10.7. The zero-order chi connectivity index (χ0) is 13.5. The van der Waals surface area contributed by atoms with E-state index in [0.717, 1.165) is 12.0 Å². The highest BCUT2D eigenvalue weighted by atomic mass is 35.5. The van der Waals surface area contributed by atoms with Crippen molar-refractivity contribution in [2.75, 3.05) is 27.4 Å². The molecule has 0 heterocycles. The Bertz CT molecular complexity index is 396. The monoisotopic (exact) mass is 271 g/mol. The summed E-state index contributed by atoms with van der Waals surface area (Å²) in [4.78, 5) is 0. The van der Waals surface area contributed by atoms with Gasteiger partial charge in [-0.05, 0) is 30.7 Å². The number of ether oxygens (including phenoxy) is 3. The molecule has 0 aliphatic heterocycles. The molecule has 1 aromatic rings. The average Bonchev–Trinajstić information content (AvgIpc) is 2.36. The van der Waals surface area contributed by atoms with Gasteiger partial charge in [0.1, 0.15) is 6.61 Å². The highest BCUT2D eigenvalue weighted by molar-refractivity contribution is 6.29. The predicted octanol–water partition coefficient (Wildman–Crippen LogP) is 2.34. The van der Waals surface area contributed by atoms with Crippen molar-refractivity contribution in [2.24, 2.45) is 5.73 Å². The number of hydrogen-bond acceptors (Lipinski definition) is 4. The quantitative estimate of drug-likeness (QED) is 0.827. The Balaban J connectivity index is 3.08. The molecular formula is C13H18ClNO3. The van der Waals surface area contributed by atoms with E-state index < -0.39 is 0 Å². The predicted molar refractivity (Wildman–Crippen MR) is 72.8 cm³/mol. The lowest BCUT2D eigenvalue weighted by Gasteiger charge is -2.15. The van der Waals surface area contributed by atoms with Gasteiger partial charge in [-0.25, -0.2) is 0 Å². The van der Waals surface area contributed by atoms with Gasteiger partial charge >= 0.3 is 0 Å². The van der Waals surface area contributed by atoms with Crippen molar-refractivity contribution in [3.05, 3.63) is 29.3 Å². The standard InChI is InChI=1S/C13H18ClNO3/c1-9(14)8-18-13-11(16-2)6-10(4-5-15)7-12(13)17-3/h6-7H,1,4-5,8,15H2,2-3H3. The molecule has 0 bridgehead atoms. The first-order chi connectivity index (χ1) is 8.62. The molecule has 0 atom stereocenters. The van der Waals surface area contributed by atoms with E-state index in [9.17, 15) is 0 Å². The Morgan fingerprint density at radius 2 is 1.83 bits per heavy atom. The molecule has 0 aromatic heterocycles. The SMILES string of the molecule is C=C(Cl)COc1c(OC)cc(CCN)cc1OC. The molecule has 0 aliphatic carbocycles. The first-order valence-electron chi connectivity index (χ1n) is 5.53. The number of nitrogens with two attached hydrogens (primary N) is 1. The van der Waals surface area contributed by atoms with Gasteiger partial charge in [0, 0.05) is 5.03 Å². The molecule has 0 aliphatic rings. The largest absolute Gasteiger partial charge is 0.493 e. The summed E-state index contributed by atoms with van der Waals surface area (Å²) in [5, 5.41) is 0.408. The van der Waals surface area contributed by atoms with E-state index in [4.69, 9.17) is 31.5 Å². The van der Waals surface area contributed by atoms with Gasteiger partial charge < -0.3 is 19.9 Å². The van der Waals surface area contributed by atoms with Crippen LogP contribution in [-0.2, 0) is 6.42 Å². The van der Waals surface area contributed by atoms with Gasteiger partial charge in [-0.3, -0.25) is 0 Å².